The highest BCUT2D eigenvalue weighted by Crippen LogP contribution is 2.41. The van der Waals surface area contributed by atoms with Crippen LogP contribution in [-0.4, -0.2) is 54.4 Å². The number of ether oxygens (including phenoxy) is 2. The number of hydrogen-bond donors (Lipinski definition) is 2. The Morgan fingerprint density at radius 2 is 0.982 bits per heavy atom. The molecule has 8 rings (SSSR count). The third-order valence-electron chi connectivity index (χ3n) is 11.2. The first kappa shape index (κ1) is 40.4. The molecule has 302 valence electrons. The molecule has 0 radical (unpaired) electrons. The van der Waals surface area contributed by atoms with Crippen LogP contribution in [0.4, 0.5) is 36.3 Å². The van der Waals surface area contributed by atoms with Gasteiger partial charge in [-0.25, -0.2) is 23.4 Å². The van der Waals surface area contributed by atoms with Gasteiger partial charge in [-0.3, -0.25) is 29.3 Å². The maximum Gasteiger partial charge on any atom is 0.411 e. The summed E-state index contributed by atoms with van der Waals surface area (Å²) in [5, 5.41) is 5.34. The summed E-state index contributed by atoms with van der Waals surface area (Å²) in [6.45, 7) is -0.141. The molecule has 2 aliphatic heterocycles. The number of nitrogens with zero attached hydrogens (tertiary/aromatic N) is 2. The summed E-state index contributed by atoms with van der Waals surface area (Å²) < 4.78 is 39.9. The molecule has 2 heterocycles. The number of anilines is 4. The van der Waals surface area contributed by atoms with Gasteiger partial charge in [-0.05, 0) is 127 Å². The molecule has 2 saturated carbocycles. The van der Waals surface area contributed by atoms with Crippen molar-refractivity contribution < 1.29 is 47.0 Å². The van der Waals surface area contributed by atoms with Gasteiger partial charge in [0.05, 0.1) is 32.8 Å². The van der Waals surface area contributed by atoms with Crippen molar-refractivity contribution in [3.05, 3.63) is 68.2 Å². The molecule has 5 amide bonds. The van der Waals surface area contributed by atoms with E-state index in [1.54, 1.807) is 0 Å². The van der Waals surface area contributed by atoms with Gasteiger partial charge in [0.1, 0.15) is 30.4 Å². The Balaban J connectivity index is 0.000000174. The number of amides is 5. The van der Waals surface area contributed by atoms with Crippen molar-refractivity contribution in [3.8, 4) is 0 Å². The summed E-state index contributed by atoms with van der Waals surface area (Å²) in [4.78, 5) is 76.7. The Morgan fingerprint density at radius 3 is 1.42 bits per heavy atom. The summed E-state index contributed by atoms with van der Waals surface area (Å²) >= 11 is 12.2. The lowest BCUT2D eigenvalue weighted by molar-refractivity contribution is -0.146. The van der Waals surface area contributed by atoms with Crippen LogP contribution in [-0.2, 0) is 33.4 Å². The maximum absolute atomic E-state index is 14.6. The number of carbonyl (C=O) groups is 6. The van der Waals surface area contributed by atoms with E-state index in [1.165, 1.54) is 12.1 Å². The van der Waals surface area contributed by atoms with Crippen LogP contribution >= 0.6 is 23.2 Å². The van der Waals surface area contributed by atoms with Crippen molar-refractivity contribution in [2.45, 2.75) is 115 Å². The van der Waals surface area contributed by atoms with Gasteiger partial charge in [0.25, 0.3) is 23.6 Å². The zero-order valence-electron chi connectivity index (χ0n) is 31.2. The van der Waals surface area contributed by atoms with Crippen molar-refractivity contribution in [1.29, 1.82) is 0 Å². The van der Waals surface area contributed by atoms with E-state index in [0.29, 0.717) is 48.0 Å². The van der Waals surface area contributed by atoms with Gasteiger partial charge in [-0.15, -0.1) is 0 Å². The molecular weight excluding hydrogens is 785 g/mol. The van der Waals surface area contributed by atoms with Gasteiger partial charge >= 0.3 is 12.1 Å². The molecular formula is C41H42Cl2F2N4O8. The quantitative estimate of drug-likeness (QED) is 0.197. The fourth-order valence-electron chi connectivity index (χ4n) is 8.26. The standard InChI is InChI=1S/C21H22ClFN2O4.C20H20ClFN2O4/c22-15-9-16(23)18(25-20(27)13-7-3-4-8-14(13)21(25)28)10-17(15)24-11-19(26)29-12-5-1-2-6-12;21-14-9-15(22)17(10-16(14)23-20(27)28-11-5-1-2-6-11)24-18(25)12-7-3-4-8-13(12)19(24)26/h9-10,12,24H,1-8,11H2;9-11H,1-8H2,(H,23,27). The minimum atomic E-state index is -0.804. The predicted molar refractivity (Wildman–Crippen MR) is 208 cm³/mol. The van der Waals surface area contributed by atoms with Crippen LogP contribution < -0.4 is 20.4 Å². The van der Waals surface area contributed by atoms with Crippen molar-refractivity contribution >= 4 is 81.6 Å². The van der Waals surface area contributed by atoms with Crippen LogP contribution in [0.15, 0.2) is 46.6 Å². The average Bonchev–Trinajstić information content (AvgIpc) is 3.99. The number of rotatable bonds is 8. The van der Waals surface area contributed by atoms with Gasteiger partial charge in [0, 0.05) is 22.3 Å². The van der Waals surface area contributed by atoms with E-state index in [9.17, 15) is 37.5 Å². The molecule has 0 unspecified atom stereocenters. The number of carbonyl (C=O) groups excluding carboxylic acids is 6. The Bertz CT molecular complexity index is 2040. The fourth-order valence-corrected chi connectivity index (χ4v) is 8.68. The monoisotopic (exact) mass is 826 g/mol. The molecule has 2 aromatic carbocycles. The lowest BCUT2D eigenvalue weighted by Gasteiger charge is -2.19. The summed E-state index contributed by atoms with van der Waals surface area (Å²) in [6.07, 6.45) is 12.0. The van der Waals surface area contributed by atoms with Crippen molar-refractivity contribution in [3.63, 3.8) is 0 Å². The van der Waals surface area contributed by atoms with Crippen molar-refractivity contribution in [2.24, 2.45) is 0 Å². The Kier molecular flexibility index (Phi) is 12.3. The number of halogens is 4. The summed E-state index contributed by atoms with van der Waals surface area (Å²) in [7, 11) is 0. The molecule has 2 N–H and O–H groups in total. The first-order valence-electron chi connectivity index (χ1n) is 19.5. The Labute approximate surface area is 337 Å². The zero-order valence-corrected chi connectivity index (χ0v) is 32.7. The largest absolute Gasteiger partial charge is 0.461 e. The topological polar surface area (TPSA) is 151 Å². The fraction of sp³-hybridized carbons (Fsp3) is 0.463. The van der Waals surface area contributed by atoms with Gasteiger partial charge in [-0.2, -0.15) is 0 Å². The molecule has 57 heavy (non-hydrogen) atoms. The number of esters is 1. The van der Waals surface area contributed by atoms with Crippen LogP contribution in [0.1, 0.15) is 103 Å². The Morgan fingerprint density at radius 1 is 0.596 bits per heavy atom. The second kappa shape index (κ2) is 17.4. The van der Waals surface area contributed by atoms with Crippen LogP contribution in [0.3, 0.4) is 0 Å². The number of hydrogen-bond acceptors (Lipinski definition) is 9. The molecule has 0 aromatic heterocycles. The molecule has 16 heteroatoms. The minimum Gasteiger partial charge on any atom is -0.461 e. The van der Waals surface area contributed by atoms with Crippen molar-refractivity contribution in [2.75, 3.05) is 27.0 Å². The highest BCUT2D eigenvalue weighted by molar-refractivity contribution is 6.36. The molecule has 2 aromatic rings. The molecule has 12 nitrogen and oxygen atoms in total. The predicted octanol–water partition coefficient (Wildman–Crippen LogP) is 8.83. The number of imide groups is 2. The van der Waals surface area contributed by atoms with Crippen molar-refractivity contribution in [1.82, 2.24) is 0 Å². The van der Waals surface area contributed by atoms with Gasteiger partial charge < -0.3 is 14.8 Å². The summed E-state index contributed by atoms with van der Waals surface area (Å²) in [5.74, 6) is -3.95. The third kappa shape index (κ3) is 8.57. The second-order valence-electron chi connectivity index (χ2n) is 15.0. The molecule has 0 saturated heterocycles. The summed E-state index contributed by atoms with van der Waals surface area (Å²) in [5.41, 5.74) is 1.84. The third-order valence-corrected chi connectivity index (χ3v) is 11.8. The lowest BCUT2D eigenvalue weighted by atomic mass is 9.93. The van der Waals surface area contributed by atoms with Crippen LogP contribution in [0.2, 0.25) is 10.0 Å². The minimum absolute atomic E-state index is 0.0403. The highest BCUT2D eigenvalue weighted by atomic mass is 35.5. The number of nitrogens with one attached hydrogen (secondary N) is 2. The smallest absolute Gasteiger partial charge is 0.411 e. The highest BCUT2D eigenvalue weighted by Gasteiger charge is 2.42. The molecule has 6 aliphatic rings. The van der Waals surface area contributed by atoms with Crippen LogP contribution in [0.25, 0.3) is 0 Å². The SMILES string of the molecule is O=C(CNc1cc(N2C(=O)C3=C(CCCC3)C2=O)c(F)cc1Cl)OC1CCCC1.O=C(Nc1cc(N2C(=O)C3=C(CCCC3)C2=O)c(F)cc1Cl)OC1CCCC1. The molecule has 4 aliphatic carbocycles. The van der Waals surface area contributed by atoms with Crippen LogP contribution in [0.5, 0.6) is 0 Å². The number of benzene rings is 2. The van der Waals surface area contributed by atoms with E-state index < -0.39 is 47.3 Å². The molecule has 0 spiro atoms. The normalized spacial score (nSPS) is 19.9. The van der Waals surface area contributed by atoms with E-state index in [0.717, 1.165) is 99.0 Å². The Hall–Kier alpha value is -4.82. The van der Waals surface area contributed by atoms with Gasteiger partial charge in [0.15, 0.2) is 0 Å². The first-order chi connectivity index (χ1) is 27.4. The molecule has 0 atom stereocenters. The lowest BCUT2D eigenvalue weighted by Crippen LogP contribution is -2.32. The van der Waals surface area contributed by atoms with E-state index >= 15 is 0 Å². The summed E-state index contributed by atoms with van der Waals surface area (Å²) in [6, 6.07) is 4.54. The maximum atomic E-state index is 14.6. The van der Waals surface area contributed by atoms with Gasteiger partial charge in [-0.1, -0.05) is 23.2 Å². The molecule has 2 fully saturated rings. The first-order valence-corrected chi connectivity index (χ1v) is 20.3. The molecule has 0 bridgehead atoms. The van der Waals surface area contributed by atoms with Gasteiger partial charge in [0.2, 0.25) is 0 Å². The second-order valence-corrected chi connectivity index (χ2v) is 15.8. The van der Waals surface area contributed by atoms with E-state index in [2.05, 4.69) is 10.6 Å². The van der Waals surface area contributed by atoms with E-state index in [-0.39, 0.29) is 51.5 Å². The van der Waals surface area contributed by atoms with E-state index in [1.807, 2.05) is 0 Å². The zero-order chi connectivity index (χ0) is 40.4. The van der Waals surface area contributed by atoms with E-state index in [4.69, 9.17) is 32.7 Å². The average molecular weight is 828 g/mol. The van der Waals surface area contributed by atoms with Crippen LogP contribution in [0, 0.1) is 11.6 Å².